The summed E-state index contributed by atoms with van der Waals surface area (Å²) in [4.78, 5) is 8.51. The average molecular weight is 281 g/mol. The molecule has 3 aromatic rings. The fourth-order valence-corrected chi connectivity index (χ4v) is 2.23. The Morgan fingerprint density at radius 1 is 1.19 bits per heavy atom. The molecule has 0 saturated carbocycles. The predicted molar refractivity (Wildman–Crippen MR) is 80.8 cm³/mol. The largest absolute Gasteiger partial charge is 0.409 e. The summed E-state index contributed by atoms with van der Waals surface area (Å²) in [6.07, 6.45) is 3.38. The number of hydrogen-bond acceptors (Lipinski definition) is 4. The molecule has 2 aromatic heterocycles. The van der Waals surface area contributed by atoms with Crippen molar-refractivity contribution in [2.45, 2.75) is 13.8 Å². The van der Waals surface area contributed by atoms with E-state index in [0.717, 1.165) is 16.7 Å². The molecule has 0 aliphatic rings. The van der Waals surface area contributed by atoms with E-state index in [-0.39, 0.29) is 5.84 Å². The minimum atomic E-state index is -0.0201. The van der Waals surface area contributed by atoms with Crippen LogP contribution >= 0.6 is 0 Å². The van der Waals surface area contributed by atoms with Crippen molar-refractivity contribution in [2.75, 3.05) is 0 Å². The van der Waals surface area contributed by atoms with E-state index in [1.807, 2.05) is 10.6 Å². The van der Waals surface area contributed by atoms with Crippen LogP contribution in [0.25, 0.3) is 16.7 Å². The van der Waals surface area contributed by atoms with E-state index in [1.54, 1.807) is 18.6 Å². The number of nitrogens with two attached hydrogens (primary N) is 1. The minimum Gasteiger partial charge on any atom is -0.409 e. The van der Waals surface area contributed by atoms with Crippen LogP contribution in [-0.2, 0) is 0 Å². The van der Waals surface area contributed by atoms with Crippen LogP contribution in [0.15, 0.2) is 41.9 Å². The van der Waals surface area contributed by atoms with Gasteiger partial charge in [0, 0.05) is 6.20 Å². The fraction of sp³-hybridized carbons (Fsp3) is 0.133. The number of amidine groups is 1. The number of benzene rings is 1. The number of fused-ring (bicyclic) bond motifs is 1. The molecule has 0 aliphatic heterocycles. The number of nitrogens with zero attached hydrogens (tertiary/aromatic N) is 4. The second-order valence-corrected chi connectivity index (χ2v) is 4.92. The number of hydrogen-bond donors (Lipinski definition) is 2. The molecule has 0 atom stereocenters. The van der Waals surface area contributed by atoms with Gasteiger partial charge in [0.1, 0.15) is 12.0 Å². The molecule has 2 heterocycles. The molecule has 21 heavy (non-hydrogen) atoms. The van der Waals surface area contributed by atoms with E-state index in [9.17, 15) is 0 Å². The summed E-state index contributed by atoms with van der Waals surface area (Å²) in [5, 5.41) is 11.7. The van der Waals surface area contributed by atoms with Crippen molar-refractivity contribution < 1.29 is 5.21 Å². The maximum atomic E-state index is 8.75. The molecule has 0 aliphatic carbocycles. The number of aryl methyl sites for hydroxylation is 2. The van der Waals surface area contributed by atoms with Crippen molar-refractivity contribution in [1.82, 2.24) is 14.5 Å². The van der Waals surface area contributed by atoms with Crippen LogP contribution in [0.1, 0.15) is 16.8 Å². The van der Waals surface area contributed by atoms with Gasteiger partial charge >= 0.3 is 0 Å². The summed E-state index contributed by atoms with van der Waals surface area (Å²) in [5.41, 5.74) is 11.2. The van der Waals surface area contributed by atoms with Gasteiger partial charge in [-0.05, 0) is 49.2 Å². The third kappa shape index (κ3) is 2.20. The van der Waals surface area contributed by atoms with Gasteiger partial charge in [0.25, 0.3) is 0 Å². The Bertz CT molecular complexity index is 850. The molecule has 0 amide bonds. The average Bonchev–Trinajstić information content (AvgIpc) is 2.90. The molecule has 106 valence electrons. The summed E-state index contributed by atoms with van der Waals surface area (Å²) in [5.74, 6) is -0.0201. The van der Waals surface area contributed by atoms with Gasteiger partial charge in [-0.2, -0.15) is 0 Å². The molecule has 1 aromatic carbocycles. The van der Waals surface area contributed by atoms with Gasteiger partial charge < -0.3 is 10.9 Å². The first-order valence-electron chi connectivity index (χ1n) is 6.49. The third-order valence-electron chi connectivity index (χ3n) is 3.55. The summed E-state index contributed by atoms with van der Waals surface area (Å²) in [6, 6.07) is 7.77. The van der Waals surface area contributed by atoms with E-state index >= 15 is 0 Å². The van der Waals surface area contributed by atoms with Gasteiger partial charge in [0.05, 0.1) is 16.7 Å². The lowest BCUT2D eigenvalue weighted by atomic mass is 10.1. The topological polar surface area (TPSA) is 89.3 Å². The highest BCUT2D eigenvalue weighted by Crippen LogP contribution is 2.21. The Morgan fingerprint density at radius 3 is 2.71 bits per heavy atom. The Labute approximate surface area is 121 Å². The molecule has 0 bridgehead atoms. The number of aromatic nitrogens is 3. The lowest BCUT2D eigenvalue weighted by molar-refractivity contribution is 0.318. The Kier molecular flexibility index (Phi) is 3.06. The molecule has 0 spiro atoms. The van der Waals surface area contributed by atoms with Gasteiger partial charge in [-0.25, -0.2) is 4.98 Å². The zero-order valence-electron chi connectivity index (χ0n) is 11.8. The van der Waals surface area contributed by atoms with Crippen LogP contribution in [-0.4, -0.2) is 25.6 Å². The van der Waals surface area contributed by atoms with E-state index in [1.165, 1.54) is 11.1 Å². The van der Waals surface area contributed by atoms with Gasteiger partial charge in [-0.1, -0.05) is 5.16 Å². The van der Waals surface area contributed by atoms with E-state index < -0.39 is 0 Å². The number of imidazole rings is 1. The summed E-state index contributed by atoms with van der Waals surface area (Å²) >= 11 is 0. The standard InChI is InChI=1S/C15H15N5O/c1-9-5-12-14(6-10(9)2)20(8-18-12)11-3-4-17-13(7-11)15(16)19-21/h3-8,21H,1-2H3,(H2,16,19). The van der Waals surface area contributed by atoms with Crippen molar-refractivity contribution in [3.63, 3.8) is 0 Å². The van der Waals surface area contributed by atoms with Crippen LogP contribution in [0, 0.1) is 13.8 Å². The highest BCUT2D eigenvalue weighted by Gasteiger charge is 2.09. The smallest absolute Gasteiger partial charge is 0.188 e. The molecular weight excluding hydrogens is 266 g/mol. The van der Waals surface area contributed by atoms with Crippen LogP contribution < -0.4 is 5.73 Å². The zero-order valence-corrected chi connectivity index (χ0v) is 11.8. The SMILES string of the molecule is Cc1cc2ncn(-c3ccnc(C(N)=NO)c3)c2cc1C. The summed E-state index contributed by atoms with van der Waals surface area (Å²) in [7, 11) is 0. The normalized spacial score (nSPS) is 12.0. The molecule has 3 N–H and O–H groups in total. The number of pyridine rings is 1. The van der Waals surface area contributed by atoms with Crippen molar-refractivity contribution in [3.8, 4) is 5.69 Å². The first-order valence-corrected chi connectivity index (χ1v) is 6.49. The molecule has 0 saturated heterocycles. The van der Waals surface area contributed by atoms with Gasteiger partial charge in [0.15, 0.2) is 5.84 Å². The first kappa shape index (κ1) is 13.1. The molecule has 0 unspecified atom stereocenters. The Morgan fingerprint density at radius 2 is 1.95 bits per heavy atom. The lowest BCUT2D eigenvalue weighted by Crippen LogP contribution is -2.15. The lowest BCUT2D eigenvalue weighted by Gasteiger charge is -2.07. The molecule has 0 fully saturated rings. The molecule has 3 rings (SSSR count). The van der Waals surface area contributed by atoms with E-state index in [0.29, 0.717) is 5.69 Å². The minimum absolute atomic E-state index is 0.0201. The van der Waals surface area contributed by atoms with Crippen molar-refractivity contribution in [3.05, 3.63) is 53.6 Å². The highest BCUT2D eigenvalue weighted by molar-refractivity contribution is 5.95. The van der Waals surface area contributed by atoms with Gasteiger partial charge in [-0.3, -0.25) is 9.55 Å². The van der Waals surface area contributed by atoms with Crippen LogP contribution in [0.3, 0.4) is 0 Å². The molecule has 0 radical (unpaired) electrons. The van der Waals surface area contributed by atoms with Crippen LogP contribution in [0.4, 0.5) is 0 Å². The summed E-state index contributed by atoms with van der Waals surface area (Å²) < 4.78 is 1.96. The van der Waals surface area contributed by atoms with Gasteiger partial charge in [-0.15, -0.1) is 0 Å². The third-order valence-corrected chi connectivity index (χ3v) is 3.55. The maximum absolute atomic E-state index is 8.75. The van der Waals surface area contributed by atoms with Crippen molar-refractivity contribution in [2.24, 2.45) is 10.9 Å². The molecular formula is C15H15N5O. The van der Waals surface area contributed by atoms with Crippen LogP contribution in [0.2, 0.25) is 0 Å². The number of oxime groups is 1. The second kappa shape index (κ2) is 4.90. The predicted octanol–water partition coefficient (Wildman–Crippen LogP) is 2.13. The van der Waals surface area contributed by atoms with Crippen molar-refractivity contribution in [1.29, 1.82) is 0 Å². The van der Waals surface area contributed by atoms with E-state index in [2.05, 4.69) is 41.1 Å². The van der Waals surface area contributed by atoms with E-state index in [4.69, 9.17) is 10.9 Å². The summed E-state index contributed by atoms with van der Waals surface area (Å²) in [6.45, 7) is 4.14. The molecule has 6 nitrogen and oxygen atoms in total. The maximum Gasteiger partial charge on any atom is 0.188 e. The quantitative estimate of drug-likeness (QED) is 0.326. The highest BCUT2D eigenvalue weighted by atomic mass is 16.4. The Hall–Kier alpha value is -2.89. The zero-order chi connectivity index (χ0) is 15.0. The fourth-order valence-electron chi connectivity index (χ4n) is 2.23. The number of rotatable bonds is 2. The monoisotopic (exact) mass is 281 g/mol. The Balaban J connectivity index is 2.19. The second-order valence-electron chi connectivity index (χ2n) is 4.92. The van der Waals surface area contributed by atoms with Crippen molar-refractivity contribution >= 4 is 16.9 Å². The van der Waals surface area contributed by atoms with Crippen LogP contribution in [0.5, 0.6) is 0 Å². The van der Waals surface area contributed by atoms with Gasteiger partial charge in [0.2, 0.25) is 0 Å². The first-order chi connectivity index (χ1) is 10.1. The molecule has 6 heteroatoms.